The Morgan fingerprint density at radius 1 is 1.05 bits per heavy atom. The Morgan fingerprint density at radius 2 is 1.76 bits per heavy atom. The van der Waals surface area contributed by atoms with E-state index >= 15 is 0 Å². The molecule has 2 aromatic rings. The molecule has 0 N–H and O–H groups in total. The van der Waals surface area contributed by atoms with Crippen LogP contribution in [0.25, 0.3) is 0 Å². The van der Waals surface area contributed by atoms with Gasteiger partial charge in [-0.05, 0) is 49.2 Å². The van der Waals surface area contributed by atoms with Gasteiger partial charge in [0.25, 0.3) is 0 Å². The maximum Gasteiger partial charge on any atom is 0.417 e. The molecule has 0 aromatic heterocycles. The molecule has 21 heavy (non-hydrogen) atoms. The van der Waals surface area contributed by atoms with Gasteiger partial charge < -0.3 is 0 Å². The van der Waals surface area contributed by atoms with E-state index in [-0.39, 0.29) is 11.8 Å². The second kappa shape index (κ2) is 5.93. The minimum Gasteiger partial charge on any atom is -0.298 e. The number of hydrogen-bond donors (Lipinski definition) is 0. The molecule has 0 heterocycles. The van der Waals surface area contributed by atoms with Crippen molar-refractivity contribution in [1.29, 1.82) is 0 Å². The molecule has 2 rings (SSSR count). The van der Waals surface area contributed by atoms with Gasteiger partial charge in [-0.3, -0.25) is 4.79 Å². The highest BCUT2D eigenvalue weighted by molar-refractivity contribution is 7.99. The van der Waals surface area contributed by atoms with Crippen LogP contribution < -0.4 is 0 Å². The number of carbonyl (C=O) groups is 1. The van der Waals surface area contributed by atoms with E-state index in [9.17, 15) is 18.0 Å². The molecule has 2 aromatic carbocycles. The van der Waals surface area contributed by atoms with Crippen LogP contribution >= 0.6 is 11.8 Å². The molecule has 0 fully saturated rings. The Labute approximate surface area is 125 Å². The summed E-state index contributed by atoms with van der Waals surface area (Å²) in [5.41, 5.74) is 0.808. The molecule has 1 nitrogen and oxygen atoms in total. The number of halogens is 3. The molecular weight excluding hydrogens is 297 g/mol. The van der Waals surface area contributed by atoms with Gasteiger partial charge >= 0.3 is 6.18 Å². The van der Waals surface area contributed by atoms with Crippen LogP contribution in [0.2, 0.25) is 0 Å². The molecule has 0 saturated heterocycles. The number of benzene rings is 2. The molecule has 110 valence electrons. The third-order valence-electron chi connectivity index (χ3n) is 3.03. The highest BCUT2D eigenvalue weighted by Crippen LogP contribution is 2.37. The highest BCUT2D eigenvalue weighted by atomic mass is 32.2. The van der Waals surface area contributed by atoms with E-state index in [1.165, 1.54) is 23.9 Å². The minimum absolute atomic E-state index is 0.231. The number of aldehydes is 1. The van der Waals surface area contributed by atoms with Crippen molar-refractivity contribution >= 4 is 18.0 Å². The van der Waals surface area contributed by atoms with E-state index in [0.29, 0.717) is 4.90 Å². The van der Waals surface area contributed by atoms with Gasteiger partial charge in [-0.15, -0.1) is 0 Å². The second-order valence-corrected chi connectivity index (χ2v) is 5.85. The van der Waals surface area contributed by atoms with Crippen molar-refractivity contribution in [3.63, 3.8) is 0 Å². The first-order chi connectivity index (χ1) is 9.81. The van der Waals surface area contributed by atoms with Crippen LogP contribution in [0.4, 0.5) is 13.2 Å². The lowest BCUT2D eigenvalue weighted by Crippen LogP contribution is -2.08. The first-order valence-electron chi connectivity index (χ1n) is 6.23. The molecule has 0 radical (unpaired) electrons. The summed E-state index contributed by atoms with van der Waals surface area (Å²) in [5, 5.41) is 0. The molecule has 0 saturated carbocycles. The number of carbonyl (C=O) groups excluding carboxylic acids is 1. The van der Waals surface area contributed by atoms with E-state index in [1.54, 1.807) is 0 Å². The average Bonchev–Trinajstić information content (AvgIpc) is 2.42. The van der Waals surface area contributed by atoms with Crippen molar-refractivity contribution in [3.05, 3.63) is 58.7 Å². The third-order valence-corrected chi connectivity index (χ3v) is 4.18. The Balaban J connectivity index is 2.42. The van der Waals surface area contributed by atoms with Gasteiger partial charge in [-0.2, -0.15) is 13.2 Å². The molecule has 0 aliphatic heterocycles. The van der Waals surface area contributed by atoms with E-state index in [2.05, 4.69) is 0 Å². The SMILES string of the molecule is Cc1ccc(C)c(Sc2ccc(C=O)c(C(F)(F)F)c2)c1. The number of alkyl halides is 3. The van der Waals surface area contributed by atoms with Gasteiger partial charge in [0.2, 0.25) is 0 Å². The maximum absolute atomic E-state index is 12.9. The van der Waals surface area contributed by atoms with Crippen molar-refractivity contribution in [2.24, 2.45) is 0 Å². The molecule has 0 unspecified atom stereocenters. The summed E-state index contributed by atoms with van der Waals surface area (Å²) in [7, 11) is 0. The number of aryl methyl sites for hydroxylation is 2. The van der Waals surface area contributed by atoms with Gasteiger partial charge in [0.1, 0.15) is 0 Å². The summed E-state index contributed by atoms with van der Waals surface area (Å²) < 4.78 is 38.8. The normalized spacial score (nSPS) is 11.5. The summed E-state index contributed by atoms with van der Waals surface area (Å²) in [4.78, 5) is 12.1. The van der Waals surface area contributed by atoms with Crippen LogP contribution in [0.5, 0.6) is 0 Å². The standard InChI is InChI=1S/C16H13F3OS/c1-10-3-4-11(2)15(7-10)21-13-6-5-12(9-20)14(8-13)16(17,18)19/h3-9H,1-2H3. The molecule has 0 aliphatic carbocycles. The highest BCUT2D eigenvalue weighted by Gasteiger charge is 2.33. The number of rotatable bonds is 3. The topological polar surface area (TPSA) is 17.1 Å². The number of hydrogen-bond acceptors (Lipinski definition) is 2. The monoisotopic (exact) mass is 310 g/mol. The van der Waals surface area contributed by atoms with Crippen molar-refractivity contribution in [1.82, 2.24) is 0 Å². The first kappa shape index (κ1) is 15.6. The zero-order valence-electron chi connectivity index (χ0n) is 11.5. The zero-order valence-corrected chi connectivity index (χ0v) is 12.3. The molecule has 0 spiro atoms. The fourth-order valence-electron chi connectivity index (χ4n) is 1.89. The largest absolute Gasteiger partial charge is 0.417 e. The molecule has 0 bridgehead atoms. The van der Waals surface area contributed by atoms with Crippen LogP contribution in [-0.2, 0) is 6.18 Å². The zero-order chi connectivity index (χ0) is 15.6. The van der Waals surface area contributed by atoms with Crippen molar-refractivity contribution in [2.45, 2.75) is 29.8 Å². The van der Waals surface area contributed by atoms with Gasteiger partial charge in [-0.1, -0.05) is 23.9 Å². The first-order valence-corrected chi connectivity index (χ1v) is 7.04. The Morgan fingerprint density at radius 3 is 2.38 bits per heavy atom. The fourth-order valence-corrected chi connectivity index (χ4v) is 2.93. The second-order valence-electron chi connectivity index (χ2n) is 4.74. The average molecular weight is 310 g/mol. The molecule has 0 atom stereocenters. The predicted molar refractivity (Wildman–Crippen MR) is 76.9 cm³/mol. The summed E-state index contributed by atoms with van der Waals surface area (Å²) in [6, 6.07) is 9.59. The van der Waals surface area contributed by atoms with Gasteiger partial charge in [0.15, 0.2) is 6.29 Å². The Hall–Kier alpha value is -1.75. The van der Waals surface area contributed by atoms with Crippen molar-refractivity contribution in [2.75, 3.05) is 0 Å². The van der Waals surface area contributed by atoms with Gasteiger partial charge in [0.05, 0.1) is 5.56 Å². The Kier molecular flexibility index (Phi) is 4.42. The molecular formula is C16H13F3OS. The predicted octanol–water partition coefficient (Wildman–Crippen LogP) is 5.29. The van der Waals surface area contributed by atoms with Crippen LogP contribution in [-0.4, -0.2) is 6.29 Å². The quantitative estimate of drug-likeness (QED) is 0.717. The lowest BCUT2D eigenvalue weighted by atomic mass is 10.1. The van der Waals surface area contributed by atoms with Crippen LogP contribution in [0.15, 0.2) is 46.2 Å². The summed E-state index contributed by atoms with van der Waals surface area (Å²) in [5.74, 6) is 0. The van der Waals surface area contributed by atoms with E-state index in [4.69, 9.17) is 0 Å². The van der Waals surface area contributed by atoms with Crippen LogP contribution in [0, 0.1) is 13.8 Å². The summed E-state index contributed by atoms with van der Waals surface area (Å²) >= 11 is 1.26. The molecule has 0 aliphatic rings. The molecule has 0 amide bonds. The maximum atomic E-state index is 12.9. The minimum atomic E-state index is -4.53. The lowest BCUT2D eigenvalue weighted by molar-refractivity contribution is -0.138. The van der Waals surface area contributed by atoms with Crippen molar-refractivity contribution in [3.8, 4) is 0 Å². The fraction of sp³-hybridized carbons (Fsp3) is 0.188. The van der Waals surface area contributed by atoms with E-state index in [1.807, 2.05) is 32.0 Å². The lowest BCUT2D eigenvalue weighted by Gasteiger charge is -2.12. The smallest absolute Gasteiger partial charge is 0.298 e. The Bertz CT molecular complexity index is 678. The van der Waals surface area contributed by atoms with Crippen LogP contribution in [0.1, 0.15) is 27.0 Å². The summed E-state index contributed by atoms with van der Waals surface area (Å²) in [6.07, 6.45) is -4.30. The van der Waals surface area contributed by atoms with Crippen molar-refractivity contribution < 1.29 is 18.0 Å². The molecule has 5 heteroatoms. The van der Waals surface area contributed by atoms with E-state index in [0.717, 1.165) is 22.1 Å². The van der Waals surface area contributed by atoms with Gasteiger partial charge in [-0.25, -0.2) is 0 Å². The third kappa shape index (κ3) is 3.67. The van der Waals surface area contributed by atoms with Gasteiger partial charge in [0, 0.05) is 15.4 Å². The summed E-state index contributed by atoms with van der Waals surface area (Å²) in [6.45, 7) is 3.84. The van der Waals surface area contributed by atoms with E-state index < -0.39 is 11.7 Å². The van der Waals surface area contributed by atoms with Crippen LogP contribution in [0.3, 0.4) is 0 Å².